The largest absolute Gasteiger partial charge is 0.393 e. The van der Waals surface area contributed by atoms with Gasteiger partial charge < -0.3 is 20.5 Å². The summed E-state index contributed by atoms with van der Waals surface area (Å²) in [6, 6.07) is 10.2. The minimum Gasteiger partial charge on any atom is -0.393 e. The quantitative estimate of drug-likeness (QED) is 0.590. The number of nitrogens with zero attached hydrogens (tertiary/aromatic N) is 1. The maximum Gasteiger partial charge on any atom is 0.272 e. The Balaban J connectivity index is 1.77. The molecule has 3 rings (SSSR count). The molecule has 0 radical (unpaired) electrons. The fourth-order valence-electron chi connectivity index (χ4n) is 2.19. The molecule has 3 aromatic rings. The van der Waals surface area contributed by atoms with Crippen molar-refractivity contribution in [3.8, 4) is 0 Å². The number of halogens is 1. The minimum absolute atomic E-state index is 0.311. The number of aliphatic hydroxyl groups is 2. The van der Waals surface area contributed by atoms with Gasteiger partial charge in [0.2, 0.25) is 0 Å². The number of nitrogens with one attached hydrogen (secondary N) is 2. The Morgan fingerprint density at radius 1 is 1.30 bits per heavy atom. The normalized spacial score (nSPS) is 12.3. The predicted octanol–water partition coefficient (Wildman–Crippen LogP) is 2.49. The van der Waals surface area contributed by atoms with E-state index >= 15 is 0 Å². The molecule has 0 aliphatic rings. The second-order valence-electron chi connectivity index (χ2n) is 5.04. The second kappa shape index (κ2) is 6.37. The zero-order valence-electron chi connectivity index (χ0n) is 12.0. The van der Waals surface area contributed by atoms with Crippen molar-refractivity contribution < 1.29 is 15.0 Å². The molecule has 7 heteroatoms. The molecule has 0 saturated heterocycles. The van der Waals surface area contributed by atoms with E-state index in [1.165, 1.54) is 6.20 Å². The van der Waals surface area contributed by atoms with Crippen molar-refractivity contribution in [3.63, 3.8) is 0 Å². The van der Waals surface area contributed by atoms with Crippen molar-refractivity contribution in [3.05, 3.63) is 59.0 Å². The second-order valence-corrected chi connectivity index (χ2v) is 5.48. The number of anilines is 1. The number of hydrogen-bond acceptors (Lipinski definition) is 4. The molecule has 0 bridgehead atoms. The monoisotopic (exact) mass is 331 g/mol. The third kappa shape index (κ3) is 3.34. The molecule has 1 unspecified atom stereocenters. The summed E-state index contributed by atoms with van der Waals surface area (Å²) in [4.78, 5) is 19.3. The summed E-state index contributed by atoms with van der Waals surface area (Å²) in [5, 5.41) is 22.5. The smallest absolute Gasteiger partial charge is 0.272 e. The highest BCUT2D eigenvalue weighted by Gasteiger charge is 2.11. The maximum absolute atomic E-state index is 12.3. The van der Waals surface area contributed by atoms with Crippen molar-refractivity contribution in [2.24, 2.45) is 0 Å². The molecule has 0 saturated carbocycles. The van der Waals surface area contributed by atoms with E-state index < -0.39 is 12.7 Å². The number of hydrogen-bond donors (Lipinski definition) is 4. The van der Waals surface area contributed by atoms with E-state index in [0.29, 0.717) is 22.1 Å². The summed E-state index contributed by atoms with van der Waals surface area (Å²) in [6.45, 7) is -0.406. The van der Waals surface area contributed by atoms with E-state index in [-0.39, 0.29) is 5.91 Å². The van der Waals surface area contributed by atoms with Crippen LogP contribution in [0.15, 0.2) is 42.6 Å². The number of H-pyrrole nitrogens is 1. The zero-order valence-corrected chi connectivity index (χ0v) is 12.7. The van der Waals surface area contributed by atoms with Gasteiger partial charge in [-0.05, 0) is 36.4 Å². The van der Waals surface area contributed by atoms with Crippen LogP contribution in [-0.2, 0) is 0 Å². The van der Waals surface area contributed by atoms with Crippen LogP contribution in [0.1, 0.15) is 22.3 Å². The number of rotatable bonds is 4. The Kier molecular flexibility index (Phi) is 4.29. The molecule has 1 atom stereocenters. The number of aromatic amines is 1. The molecule has 6 nitrogen and oxygen atoms in total. The lowest BCUT2D eigenvalue weighted by Crippen LogP contribution is -2.13. The molecule has 23 heavy (non-hydrogen) atoms. The summed E-state index contributed by atoms with van der Waals surface area (Å²) in [5.41, 5.74) is 2.05. The Morgan fingerprint density at radius 3 is 2.83 bits per heavy atom. The van der Waals surface area contributed by atoms with Gasteiger partial charge in [0.15, 0.2) is 0 Å². The molecule has 118 valence electrons. The van der Waals surface area contributed by atoms with Crippen LogP contribution in [0.2, 0.25) is 5.02 Å². The topological polar surface area (TPSA) is 98.2 Å². The van der Waals surface area contributed by atoms with Gasteiger partial charge in [-0.25, -0.2) is 0 Å². The maximum atomic E-state index is 12.3. The first-order chi connectivity index (χ1) is 11.1. The van der Waals surface area contributed by atoms with Crippen LogP contribution in [0.3, 0.4) is 0 Å². The molecule has 0 spiro atoms. The first kappa shape index (κ1) is 15.5. The fraction of sp³-hybridized carbons (Fsp3) is 0.125. The Morgan fingerprint density at radius 2 is 2.13 bits per heavy atom. The van der Waals surface area contributed by atoms with Crippen LogP contribution in [0.25, 0.3) is 10.9 Å². The van der Waals surface area contributed by atoms with Crippen molar-refractivity contribution in [2.45, 2.75) is 6.10 Å². The van der Waals surface area contributed by atoms with Crippen molar-refractivity contribution in [1.29, 1.82) is 0 Å². The van der Waals surface area contributed by atoms with Gasteiger partial charge in [-0.15, -0.1) is 0 Å². The van der Waals surface area contributed by atoms with Gasteiger partial charge in [0, 0.05) is 15.9 Å². The molecule has 1 aromatic carbocycles. The summed E-state index contributed by atoms with van der Waals surface area (Å²) >= 11 is 5.93. The van der Waals surface area contributed by atoms with Gasteiger partial charge in [0.1, 0.15) is 11.8 Å². The van der Waals surface area contributed by atoms with E-state index in [4.69, 9.17) is 16.7 Å². The Hall–Kier alpha value is -2.41. The molecule has 1 amide bonds. The molecular formula is C16H14ClN3O3. The van der Waals surface area contributed by atoms with E-state index in [0.717, 1.165) is 10.9 Å². The Bertz CT molecular complexity index is 845. The zero-order chi connectivity index (χ0) is 16.4. The molecule has 0 aliphatic carbocycles. The van der Waals surface area contributed by atoms with Crippen LogP contribution < -0.4 is 5.32 Å². The number of aliphatic hydroxyl groups excluding tert-OH is 2. The lowest BCUT2D eigenvalue weighted by atomic mass is 10.2. The number of amides is 1. The average molecular weight is 332 g/mol. The summed E-state index contributed by atoms with van der Waals surface area (Å²) < 4.78 is 0. The summed E-state index contributed by atoms with van der Waals surface area (Å²) in [7, 11) is 0. The molecule has 2 aromatic heterocycles. The van der Waals surface area contributed by atoms with Crippen molar-refractivity contribution >= 4 is 34.1 Å². The number of fused-ring (bicyclic) bond motifs is 1. The van der Waals surface area contributed by atoms with Crippen LogP contribution >= 0.6 is 11.6 Å². The summed E-state index contributed by atoms with van der Waals surface area (Å²) in [5.74, 6) is -0.311. The van der Waals surface area contributed by atoms with Crippen molar-refractivity contribution in [1.82, 2.24) is 9.97 Å². The van der Waals surface area contributed by atoms with Crippen LogP contribution in [0, 0.1) is 0 Å². The number of aromatic nitrogens is 2. The van der Waals surface area contributed by atoms with E-state index in [9.17, 15) is 9.90 Å². The standard InChI is InChI=1S/C16H14ClN3O3/c17-10-1-3-12-9(5-10)6-14(20-12)16(23)19-11-2-4-13(18-7-11)15(22)8-21/h1-7,15,20-22H,8H2,(H,19,23). The average Bonchev–Trinajstić information content (AvgIpc) is 2.98. The van der Waals surface area contributed by atoms with Crippen LogP contribution in [-0.4, -0.2) is 32.7 Å². The first-order valence-electron chi connectivity index (χ1n) is 6.91. The highest BCUT2D eigenvalue weighted by Crippen LogP contribution is 2.21. The van der Waals surface area contributed by atoms with E-state index in [2.05, 4.69) is 15.3 Å². The lowest BCUT2D eigenvalue weighted by Gasteiger charge is -2.08. The van der Waals surface area contributed by atoms with E-state index in [1.54, 1.807) is 36.4 Å². The fourth-order valence-corrected chi connectivity index (χ4v) is 2.37. The molecule has 2 heterocycles. The minimum atomic E-state index is -1.03. The predicted molar refractivity (Wildman–Crippen MR) is 87.5 cm³/mol. The number of pyridine rings is 1. The number of benzene rings is 1. The lowest BCUT2D eigenvalue weighted by molar-refractivity contribution is 0.0923. The van der Waals surface area contributed by atoms with Gasteiger partial charge in [-0.3, -0.25) is 9.78 Å². The third-order valence-electron chi connectivity index (χ3n) is 3.39. The van der Waals surface area contributed by atoms with Crippen LogP contribution in [0.4, 0.5) is 5.69 Å². The van der Waals surface area contributed by atoms with Crippen LogP contribution in [0.5, 0.6) is 0 Å². The number of carbonyl (C=O) groups excluding carboxylic acids is 1. The van der Waals surface area contributed by atoms with E-state index in [1.807, 2.05) is 0 Å². The third-order valence-corrected chi connectivity index (χ3v) is 3.62. The van der Waals surface area contributed by atoms with Gasteiger partial charge in [-0.2, -0.15) is 0 Å². The highest BCUT2D eigenvalue weighted by atomic mass is 35.5. The highest BCUT2D eigenvalue weighted by molar-refractivity contribution is 6.31. The SMILES string of the molecule is O=C(Nc1ccc(C(O)CO)nc1)c1cc2cc(Cl)ccc2[nH]1. The van der Waals surface area contributed by atoms with Gasteiger partial charge in [0.25, 0.3) is 5.91 Å². The Labute approximate surface area is 136 Å². The summed E-state index contributed by atoms with van der Waals surface area (Å²) in [6.07, 6.45) is 0.393. The molecule has 0 aliphatic heterocycles. The molecule has 4 N–H and O–H groups in total. The number of carbonyl (C=O) groups is 1. The molecular weight excluding hydrogens is 318 g/mol. The van der Waals surface area contributed by atoms with Crippen molar-refractivity contribution in [2.75, 3.05) is 11.9 Å². The van der Waals surface area contributed by atoms with Gasteiger partial charge >= 0.3 is 0 Å². The first-order valence-corrected chi connectivity index (χ1v) is 7.29. The van der Waals surface area contributed by atoms with Gasteiger partial charge in [0.05, 0.1) is 24.2 Å². The van der Waals surface area contributed by atoms with Gasteiger partial charge in [-0.1, -0.05) is 11.6 Å². The molecule has 0 fully saturated rings.